The number of esters is 1. The largest absolute Gasteiger partial charge is 0.462 e. The van der Waals surface area contributed by atoms with Crippen LogP contribution >= 0.6 is 0 Å². The summed E-state index contributed by atoms with van der Waals surface area (Å²) in [4.78, 5) is 16.8. The second-order valence-electron chi connectivity index (χ2n) is 12.0. The first-order valence-electron chi connectivity index (χ1n) is 14.0. The number of carbonyl (C=O) groups is 1. The number of unbranched alkanes of at least 4 members (excludes halogenated alkanes) is 3. The second-order valence-corrected chi connectivity index (χ2v) is 12.0. The highest BCUT2D eigenvalue weighted by atomic mass is 16.5. The third-order valence-corrected chi connectivity index (χ3v) is 10.1. The summed E-state index contributed by atoms with van der Waals surface area (Å²) in [7, 11) is 0. The third-order valence-electron chi connectivity index (χ3n) is 10.1. The van der Waals surface area contributed by atoms with Gasteiger partial charge in [0.15, 0.2) is 0 Å². The molecule has 1 heterocycles. The molecule has 0 spiro atoms. The predicted octanol–water partition coefficient (Wildman–Crippen LogP) is 7.92. The van der Waals surface area contributed by atoms with Gasteiger partial charge in [0.2, 0.25) is 0 Å². The smallest absolute Gasteiger partial charge is 0.306 e. The second kappa shape index (κ2) is 9.63. The maximum atomic E-state index is 12.4. The highest BCUT2D eigenvalue weighted by Gasteiger charge is 2.57. The monoisotopic (exact) mass is 461 g/mol. The highest BCUT2D eigenvalue weighted by molar-refractivity contribution is 5.72. The van der Waals surface area contributed by atoms with Crippen molar-refractivity contribution in [2.45, 2.75) is 104 Å². The lowest BCUT2D eigenvalue weighted by atomic mass is 9.47. The molecule has 2 saturated carbocycles. The van der Waals surface area contributed by atoms with Crippen molar-refractivity contribution >= 4 is 11.5 Å². The van der Waals surface area contributed by atoms with Crippen LogP contribution in [0.1, 0.15) is 103 Å². The maximum absolute atomic E-state index is 12.4. The minimum Gasteiger partial charge on any atom is -0.462 e. The van der Waals surface area contributed by atoms with Crippen LogP contribution in [0, 0.1) is 28.6 Å². The standard InChI is InChI=1S/C31H43NO2/c1-4-5-6-7-10-29(33)34-24-15-17-30(2)23(20-24)11-12-25-27-14-13-26(22-9-8-19-32-21-22)31(27,3)18-16-28(25)30/h8-9,11,13,19,21,24-25,27-28H,4-7,10,12,14-18,20H2,1-3H3/t24-,25-,27-,28?,30-,31+/m0/s1. The molecule has 34 heavy (non-hydrogen) atoms. The van der Waals surface area contributed by atoms with E-state index in [4.69, 9.17) is 4.74 Å². The molecule has 0 aliphatic heterocycles. The van der Waals surface area contributed by atoms with Gasteiger partial charge in [-0.2, -0.15) is 0 Å². The van der Waals surface area contributed by atoms with Gasteiger partial charge < -0.3 is 4.74 Å². The van der Waals surface area contributed by atoms with E-state index < -0.39 is 0 Å². The summed E-state index contributed by atoms with van der Waals surface area (Å²) in [6, 6.07) is 4.32. The minimum atomic E-state index is 0.0207. The van der Waals surface area contributed by atoms with Crippen LogP contribution < -0.4 is 0 Å². The molecule has 0 aromatic carbocycles. The van der Waals surface area contributed by atoms with Crippen LogP contribution in [0.5, 0.6) is 0 Å². The van der Waals surface area contributed by atoms with E-state index in [1.54, 1.807) is 11.1 Å². The average molecular weight is 462 g/mol. The molecule has 3 nitrogen and oxygen atoms in total. The first-order valence-corrected chi connectivity index (χ1v) is 14.0. The van der Waals surface area contributed by atoms with Crippen molar-refractivity contribution in [1.29, 1.82) is 0 Å². The Hall–Kier alpha value is -1.90. The van der Waals surface area contributed by atoms with Crippen LogP contribution in [0.25, 0.3) is 5.57 Å². The van der Waals surface area contributed by atoms with Crippen molar-refractivity contribution < 1.29 is 9.53 Å². The van der Waals surface area contributed by atoms with Gasteiger partial charge in [-0.1, -0.05) is 63.8 Å². The highest BCUT2D eigenvalue weighted by Crippen LogP contribution is 2.66. The summed E-state index contributed by atoms with van der Waals surface area (Å²) in [6.45, 7) is 7.26. The minimum absolute atomic E-state index is 0.0207. The number of carbonyl (C=O) groups excluding carboxylic acids is 1. The van der Waals surface area contributed by atoms with Gasteiger partial charge in [0.25, 0.3) is 0 Å². The van der Waals surface area contributed by atoms with Crippen LogP contribution in [-0.2, 0) is 9.53 Å². The molecule has 4 aliphatic rings. The molecule has 0 N–H and O–H groups in total. The zero-order chi connectivity index (χ0) is 23.8. The molecule has 4 aliphatic carbocycles. The van der Waals surface area contributed by atoms with Crippen molar-refractivity contribution in [1.82, 2.24) is 4.98 Å². The molecule has 1 aromatic heterocycles. The number of allylic oxidation sites excluding steroid dienone is 3. The van der Waals surface area contributed by atoms with E-state index in [1.165, 1.54) is 50.5 Å². The zero-order valence-electron chi connectivity index (χ0n) is 21.5. The number of rotatable bonds is 7. The van der Waals surface area contributed by atoms with Gasteiger partial charge in [-0.05, 0) is 90.7 Å². The van der Waals surface area contributed by atoms with Crippen LogP contribution in [0.4, 0.5) is 0 Å². The van der Waals surface area contributed by atoms with E-state index in [0.717, 1.165) is 43.4 Å². The van der Waals surface area contributed by atoms with Crippen LogP contribution in [0.15, 0.2) is 42.3 Å². The van der Waals surface area contributed by atoms with E-state index in [1.807, 2.05) is 6.20 Å². The van der Waals surface area contributed by atoms with Gasteiger partial charge in [0.1, 0.15) is 6.10 Å². The van der Waals surface area contributed by atoms with E-state index in [9.17, 15) is 4.79 Å². The lowest BCUT2D eigenvalue weighted by molar-refractivity contribution is -0.151. The van der Waals surface area contributed by atoms with E-state index in [2.05, 4.69) is 56.2 Å². The number of ether oxygens (including phenoxy) is 1. The predicted molar refractivity (Wildman–Crippen MR) is 138 cm³/mol. The molecule has 0 saturated heterocycles. The summed E-state index contributed by atoms with van der Waals surface area (Å²) in [5.74, 6) is 2.27. The Kier molecular flexibility index (Phi) is 6.75. The Labute approximate surface area is 206 Å². The lowest BCUT2D eigenvalue weighted by Crippen LogP contribution is -2.50. The van der Waals surface area contributed by atoms with E-state index >= 15 is 0 Å². The van der Waals surface area contributed by atoms with Gasteiger partial charge in [0, 0.05) is 25.2 Å². The number of aromatic nitrogens is 1. The molecular formula is C31H43NO2. The average Bonchev–Trinajstić information content (AvgIpc) is 3.20. The number of fused-ring (bicyclic) bond motifs is 5. The fraction of sp³-hybridized carbons (Fsp3) is 0.677. The zero-order valence-corrected chi connectivity index (χ0v) is 21.5. The van der Waals surface area contributed by atoms with Gasteiger partial charge >= 0.3 is 5.97 Å². The molecule has 1 aromatic rings. The molecule has 184 valence electrons. The Morgan fingerprint density at radius 1 is 1.06 bits per heavy atom. The number of hydrogen-bond acceptors (Lipinski definition) is 3. The van der Waals surface area contributed by atoms with Crippen LogP contribution in [-0.4, -0.2) is 17.1 Å². The molecule has 1 unspecified atom stereocenters. The first-order chi connectivity index (χ1) is 16.5. The Morgan fingerprint density at radius 3 is 2.71 bits per heavy atom. The normalized spacial score (nSPS) is 36.6. The number of nitrogens with zero attached hydrogens (tertiary/aromatic N) is 1. The van der Waals surface area contributed by atoms with Crippen molar-refractivity contribution in [3.8, 4) is 0 Å². The van der Waals surface area contributed by atoms with Crippen molar-refractivity contribution in [3.05, 3.63) is 47.8 Å². The van der Waals surface area contributed by atoms with Crippen LogP contribution in [0.3, 0.4) is 0 Å². The number of pyridine rings is 1. The van der Waals surface area contributed by atoms with Crippen LogP contribution in [0.2, 0.25) is 0 Å². The van der Waals surface area contributed by atoms with Crippen molar-refractivity contribution in [2.24, 2.45) is 28.6 Å². The Morgan fingerprint density at radius 2 is 1.91 bits per heavy atom. The Balaban J connectivity index is 1.26. The topological polar surface area (TPSA) is 39.2 Å². The molecule has 0 bridgehead atoms. The van der Waals surface area contributed by atoms with Gasteiger partial charge in [-0.3, -0.25) is 9.78 Å². The lowest BCUT2D eigenvalue weighted by Gasteiger charge is -2.57. The van der Waals surface area contributed by atoms with Gasteiger partial charge in [-0.25, -0.2) is 0 Å². The molecule has 5 rings (SSSR count). The Bertz CT molecular complexity index is 949. The summed E-state index contributed by atoms with van der Waals surface area (Å²) in [5.41, 5.74) is 5.01. The summed E-state index contributed by atoms with van der Waals surface area (Å²) in [5, 5.41) is 0. The molecule has 0 amide bonds. The maximum Gasteiger partial charge on any atom is 0.306 e. The van der Waals surface area contributed by atoms with Gasteiger partial charge in [-0.15, -0.1) is 0 Å². The third kappa shape index (κ3) is 4.18. The van der Waals surface area contributed by atoms with Gasteiger partial charge in [0.05, 0.1) is 0 Å². The van der Waals surface area contributed by atoms with E-state index in [-0.39, 0.29) is 22.9 Å². The molecule has 0 radical (unpaired) electrons. The fourth-order valence-corrected chi connectivity index (χ4v) is 8.21. The quantitative estimate of drug-likeness (QED) is 0.235. The number of hydrogen-bond donors (Lipinski definition) is 0. The van der Waals surface area contributed by atoms with E-state index in [0.29, 0.717) is 6.42 Å². The summed E-state index contributed by atoms with van der Waals surface area (Å²) >= 11 is 0. The molecular weight excluding hydrogens is 418 g/mol. The van der Waals surface area contributed by atoms with Crippen molar-refractivity contribution in [2.75, 3.05) is 0 Å². The van der Waals surface area contributed by atoms with Crippen molar-refractivity contribution in [3.63, 3.8) is 0 Å². The first kappa shape index (κ1) is 23.8. The SMILES string of the molecule is CCCCCCC(=O)O[C@H]1CC[C@@]2(C)C(=CC[C@@H]3C2CC[C@]2(C)C(c4cccnc4)=CC[C@@H]32)C1. The molecule has 6 atom stereocenters. The fourth-order valence-electron chi connectivity index (χ4n) is 8.21. The summed E-state index contributed by atoms with van der Waals surface area (Å²) in [6.07, 6.45) is 22.4. The summed E-state index contributed by atoms with van der Waals surface area (Å²) < 4.78 is 5.96. The molecule has 3 heteroatoms. The molecule has 2 fully saturated rings.